The number of benzene rings is 1. The molecule has 0 saturated carbocycles. The fourth-order valence-electron chi connectivity index (χ4n) is 4.04. The van der Waals surface area contributed by atoms with Gasteiger partial charge >= 0.3 is 0 Å². The zero-order chi connectivity index (χ0) is 24.7. The molecule has 1 saturated heterocycles. The minimum Gasteiger partial charge on any atom is -0.496 e. The van der Waals surface area contributed by atoms with Crippen molar-refractivity contribution in [3.05, 3.63) is 63.6 Å². The Kier molecular flexibility index (Phi) is 8.87. The Bertz CT molecular complexity index is 1060. The van der Waals surface area contributed by atoms with Gasteiger partial charge in [0.05, 0.1) is 7.11 Å². The minimum absolute atomic E-state index is 0.00652. The van der Waals surface area contributed by atoms with E-state index in [9.17, 15) is 14.4 Å². The molecule has 0 bridgehead atoms. The van der Waals surface area contributed by atoms with Crippen LogP contribution >= 0.6 is 0 Å². The molecular weight excluding hydrogens is 432 g/mol. The largest absolute Gasteiger partial charge is 0.496 e. The molecule has 0 radical (unpaired) electrons. The molecule has 3 rings (SSSR count). The number of piperazine rings is 1. The molecule has 8 nitrogen and oxygen atoms in total. The summed E-state index contributed by atoms with van der Waals surface area (Å²) in [4.78, 5) is 43.1. The number of carbonyl (C=O) groups is 2. The summed E-state index contributed by atoms with van der Waals surface area (Å²) in [7, 11) is 1.66. The first-order valence-corrected chi connectivity index (χ1v) is 12.0. The number of unbranched alkanes of at least 4 members (excludes halogenated alkanes) is 1. The number of methoxy groups -OCH3 is 1. The lowest BCUT2D eigenvalue weighted by atomic mass is 10.1. The van der Waals surface area contributed by atoms with E-state index in [0.29, 0.717) is 32.7 Å². The summed E-state index contributed by atoms with van der Waals surface area (Å²) >= 11 is 0. The van der Waals surface area contributed by atoms with E-state index in [4.69, 9.17) is 4.74 Å². The SMILES string of the molecule is CCCCNC(=O)c1cn(C(C)C)cc(C(=O)N2CCN(Cc3ccccc3OC)CC2)c1=O. The van der Waals surface area contributed by atoms with Crippen LogP contribution in [0.4, 0.5) is 0 Å². The standard InChI is InChI=1S/C26H36N4O4/c1-5-6-11-27-25(32)21-17-30(19(2)3)18-22(24(21)31)26(33)29-14-12-28(13-15-29)16-20-9-7-8-10-23(20)34-4/h7-10,17-19H,5-6,11-16H2,1-4H3,(H,27,32). The molecule has 1 aliphatic rings. The zero-order valence-electron chi connectivity index (χ0n) is 20.7. The third kappa shape index (κ3) is 6.05. The Morgan fingerprint density at radius 2 is 1.74 bits per heavy atom. The first kappa shape index (κ1) is 25.5. The molecule has 1 aromatic carbocycles. The molecular formula is C26H36N4O4. The Hall–Kier alpha value is -3.13. The van der Waals surface area contributed by atoms with Crippen LogP contribution in [0.1, 0.15) is 65.9 Å². The van der Waals surface area contributed by atoms with E-state index in [1.807, 2.05) is 45.0 Å². The van der Waals surface area contributed by atoms with Crippen LogP contribution in [0.3, 0.4) is 0 Å². The number of amides is 2. The lowest BCUT2D eigenvalue weighted by Crippen LogP contribution is -2.49. The predicted octanol–water partition coefficient (Wildman–Crippen LogP) is 2.93. The third-order valence-electron chi connectivity index (χ3n) is 6.18. The number of nitrogens with one attached hydrogen (secondary N) is 1. The van der Waals surface area contributed by atoms with Gasteiger partial charge in [-0.05, 0) is 26.3 Å². The Balaban J connectivity index is 1.74. The van der Waals surface area contributed by atoms with Gasteiger partial charge < -0.3 is 19.5 Å². The number of nitrogens with zero attached hydrogens (tertiary/aromatic N) is 3. The van der Waals surface area contributed by atoms with Gasteiger partial charge in [0.1, 0.15) is 16.9 Å². The van der Waals surface area contributed by atoms with Gasteiger partial charge in [-0.1, -0.05) is 31.5 Å². The number of carbonyl (C=O) groups excluding carboxylic acids is 2. The van der Waals surface area contributed by atoms with Crippen molar-refractivity contribution in [2.75, 3.05) is 39.8 Å². The van der Waals surface area contributed by atoms with Gasteiger partial charge in [0.15, 0.2) is 0 Å². The fraction of sp³-hybridized carbons (Fsp3) is 0.500. The molecule has 1 N–H and O–H groups in total. The molecule has 1 aromatic heterocycles. The van der Waals surface area contributed by atoms with Crippen LogP contribution in [0.5, 0.6) is 5.75 Å². The Morgan fingerprint density at radius 1 is 1.06 bits per heavy atom. The highest BCUT2D eigenvalue weighted by Crippen LogP contribution is 2.20. The van der Waals surface area contributed by atoms with E-state index >= 15 is 0 Å². The van der Waals surface area contributed by atoms with Gasteiger partial charge in [0.2, 0.25) is 5.43 Å². The highest BCUT2D eigenvalue weighted by molar-refractivity contribution is 5.99. The van der Waals surface area contributed by atoms with Crippen molar-refractivity contribution in [2.24, 2.45) is 0 Å². The Morgan fingerprint density at radius 3 is 2.38 bits per heavy atom. The lowest BCUT2D eigenvalue weighted by molar-refractivity contribution is 0.0625. The van der Waals surface area contributed by atoms with E-state index in [0.717, 1.165) is 30.7 Å². The molecule has 34 heavy (non-hydrogen) atoms. The predicted molar refractivity (Wildman–Crippen MR) is 133 cm³/mol. The van der Waals surface area contributed by atoms with E-state index in [1.54, 1.807) is 29.0 Å². The van der Waals surface area contributed by atoms with Crippen LogP contribution in [-0.2, 0) is 6.54 Å². The second-order valence-electron chi connectivity index (χ2n) is 8.95. The van der Waals surface area contributed by atoms with Gasteiger partial charge in [-0.25, -0.2) is 0 Å². The van der Waals surface area contributed by atoms with Crippen molar-refractivity contribution in [1.29, 1.82) is 0 Å². The smallest absolute Gasteiger partial charge is 0.259 e. The molecule has 0 unspecified atom stereocenters. The molecule has 0 atom stereocenters. The van der Waals surface area contributed by atoms with E-state index in [1.165, 1.54) is 0 Å². The van der Waals surface area contributed by atoms with Gasteiger partial charge in [-0.15, -0.1) is 0 Å². The van der Waals surface area contributed by atoms with Crippen molar-refractivity contribution >= 4 is 11.8 Å². The maximum absolute atomic E-state index is 13.3. The number of rotatable bonds is 9. The third-order valence-corrected chi connectivity index (χ3v) is 6.18. The minimum atomic E-state index is -0.507. The number of hydrogen-bond donors (Lipinski definition) is 1. The first-order valence-electron chi connectivity index (χ1n) is 12.0. The average Bonchev–Trinajstić information content (AvgIpc) is 2.84. The molecule has 1 fully saturated rings. The molecule has 2 heterocycles. The van der Waals surface area contributed by atoms with Crippen molar-refractivity contribution in [1.82, 2.24) is 19.7 Å². The molecule has 184 valence electrons. The number of ether oxygens (including phenoxy) is 1. The van der Waals surface area contributed by atoms with Crippen LogP contribution in [0, 0.1) is 0 Å². The second kappa shape index (κ2) is 11.8. The van der Waals surface area contributed by atoms with Crippen molar-refractivity contribution in [3.8, 4) is 5.75 Å². The molecule has 8 heteroatoms. The van der Waals surface area contributed by atoms with Crippen molar-refractivity contribution < 1.29 is 14.3 Å². The molecule has 0 spiro atoms. The topological polar surface area (TPSA) is 83.9 Å². The van der Waals surface area contributed by atoms with E-state index in [-0.39, 0.29) is 23.1 Å². The highest BCUT2D eigenvalue weighted by Gasteiger charge is 2.27. The highest BCUT2D eigenvalue weighted by atomic mass is 16.5. The maximum Gasteiger partial charge on any atom is 0.259 e. The first-order chi connectivity index (χ1) is 16.3. The van der Waals surface area contributed by atoms with Gasteiger partial charge in [0, 0.05) is 63.3 Å². The molecule has 0 aliphatic carbocycles. The normalized spacial score (nSPS) is 14.3. The van der Waals surface area contributed by atoms with Crippen LogP contribution in [0.25, 0.3) is 0 Å². The number of aromatic nitrogens is 1. The van der Waals surface area contributed by atoms with E-state index < -0.39 is 11.3 Å². The van der Waals surface area contributed by atoms with Gasteiger partial charge in [-0.3, -0.25) is 19.3 Å². The summed E-state index contributed by atoms with van der Waals surface area (Å²) in [6.07, 6.45) is 4.91. The van der Waals surface area contributed by atoms with Gasteiger partial charge in [-0.2, -0.15) is 0 Å². The second-order valence-corrected chi connectivity index (χ2v) is 8.95. The molecule has 2 amide bonds. The lowest BCUT2D eigenvalue weighted by Gasteiger charge is -2.35. The summed E-state index contributed by atoms with van der Waals surface area (Å²) in [5.41, 5.74) is 0.666. The summed E-state index contributed by atoms with van der Waals surface area (Å²) in [6.45, 7) is 9.60. The average molecular weight is 469 g/mol. The van der Waals surface area contributed by atoms with Crippen LogP contribution in [0.2, 0.25) is 0 Å². The van der Waals surface area contributed by atoms with Crippen LogP contribution in [-0.4, -0.2) is 66.0 Å². The van der Waals surface area contributed by atoms with Crippen molar-refractivity contribution in [2.45, 2.75) is 46.2 Å². The van der Waals surface area contributed by atoms with Gasteiger partial charge in [0.25, 0.3) is 11.8 Å². The van der Waals surface area contributed by atoms with Crippen LogP contribution < -0.4 is 15.5 Å². The maximum atomic E-state index is 13.3. The monoisotopic (exact) mass is 468 g/mol. The zero-order valence-corrected chi connectivity index (χ0v) is 20.7. The van der Waals surface area contributed by atoms with E-state index in [2.05, 4.69) is 10.2 Å². The number of para-hydroxylation sites is 1. The Labute approximate surface area is 201 Å². The number of pyridine rings is 1. The molecule has 1 aliphatic heterocycles. The summed E-state index contributed by atoms with van der Waals surface area (Å²) in [6, 6.07) is 7.93. The summed E-state index contributed by atoms with van der Waals surface area (Å²) in [5.74, 6) is 0.105. The summed E-state index contributed by atoms with van der Waals surface area (Å²) < 4.78 is 7.21. The quantitative estimate of drug-likeness (QED) is 0.572. The summed E-state index contributed by atoms with van der Waals surface area (Å²) in [5, 5.41) is 2.80. The number of hydrogen-bond acceptors (Lipinski definition) is 5. The molecule has 2 aromatic rings. The van der Waals surface area contributed by atoms with Crippen LogP contribution in [0.15, 0.2) is 41.5 Å². The van der Waals surface area contributed by atoms with Crippen molar-refractivity contribution in [3.63, 3.8) is 0 Å². The fourth-order valence-corrected chi connectivity index (χ4v) is 4.04.